The van der Waals surface area contributed by atoms with Crippen molar-refractivity contribution >= 4 is 23.2 Å². The van der Waals surface area contributed by atoms with Gasteiger partial charge >= 0.3 is 0 Å². The molecule has 1 heterocycles. The van der Waals surface area contributed by atoms with Crippen LogP contribution in [0.25, 0.3) is 28.1 Å². The van der Waals surface area contributed by atoms with E-state index >= 15 is 0 Å². The zero-order valence-electron chi connectivity index (χ0n) is 13.1. The van der Waals surface area contributed by atoms with E-state index in [1.54, 1.807) is 11.0 Å². The minimum absolute atomic E-state index is 0.673. The van der Waals surface area contributed by atoms with Crippen LogP contribution in [0.2, 0.25) is 10.0 Å². The van der Waals surface area contributed by atoms with Gasteiger partial charge in [0.05, 0.1) is 11.9 Å². The topological polar surface area (TPSA) is 30.7 Å². The van der Waals surface area contributed by atoms with E-state index in [2.05, 4.69) is 10.2 Å². The lowest BCUT2D eigenvalue weighted by Gasteiger charge is -2.09. The van der Waals surface area contributed by atoms with Gasteiger partial charge in [0.2, 0.25) is 0 Å². The molecule has 0 aliphatic heterocycles. The van der Waals surface area contributed by atoms with Crippen LogP contribution in [-0.2, 0) is 0 Å². The fraction of sp³-hybridized carbons (Fsp3) is 0. The molecule has 3 aromatic carbocycles. The Morgan fingerprint density at radius 1 is 0.720 bits per heavy atom. The number of hydrogen-bond donors (Lipinski definition) is 0. The first-order valence-corrected chi connectivity index (χ1v) is 8.50. The molecule has 4 aromatic rings. The Morgan fingerprint density at radius 2 is 1.40 bits per heavy atom. The molecular formula is C20H13Cl2N3. The smallest absolute Gasteiger partial charge is 0.113 e. The van der Waals surface area contributed by atoms with Crippen LogP contribution in [0.3, 0.4) is 0 Å². The Balaban J connectivity index is 1.79. The molecule has 0 amide bonds. The highest BCUT2D eigenvalue weighted by atomic mass is 35.5. The molecule has 0 spiro atoms. The molecule has 0 bridgehead atoms. The van der Waals surface area contributed by atoms with Crippen molar-refractivity contribution in [2.24, 2.45) is 0 Å². The van der Waals surface area contributed by atoms with Crippen molar-refractivity contribution in [2.45, 2.75) is 0 Å². The maximum Gasteiger partial charge on any atom is 0.113 e. The average molecular weight is 366 g/mol. The standard InChI is InChI=1S/C20H13Cl2N3/c21-16-7-3-5-14(11-16)18-9-1-2-10-20(18)25-23-13-19(24-25)15-6-4-8-17(22)12-15/h1-13H. The van der Waals surface area contributed by atoms with Crippen molar-refractivity contribution in [3.8, 4) is 28.1 Å². The van der Waals surface area contributed by atoms with Crippen molar-refractivity contribution < 1.29 is 0 Å². The van der Waals surface area contributed by atoms with E-state index in [1.165, 1.54) is 0 Å². The minimum atomic E-state index is 0.673. The number of hydrogen-bond acceptors (Lipinski definition) is 2. The highest BCUT2D eigenvalue weighted by Crippen LogP contribution is 2.28. The fourth-order valence-electron chi connectivity index (χ4n) is 2.71. The second-order valence-electron chi connectivity index (χ2n) is 5.56. The van der Waals surface area contributed by atoms with Crippen LogP contribution in [0.1, 0.15) is 0 Å². The summed E-state index contributed by atoms with van der Waals surface area (Å²) in [5.41, 5.74) is 4.61. The van der Waals surface area contributed by atoms with Gasteiger partial charge in [-0.1, -0.05) is 65.7 Å². The van der Waals surface area contributed by atoms with Crippen molar-refractivity contribution in [1.82, 2.24) is 15.0 Å². The van der Waals surface area contributed by atoms with E-state index < -0.39 is 0 Å². The Morgan fingerprint density at radius 3 is 2.16 bits per heavy atom. The Bertz CT molecular complexity index is 1040. The Kier molecular flexibility index (Phi) is 4.26. The van der Waals surface area contributed by atoms with E-state index in [-0.39, 0.29) is 0 Å². The molecule has 0 saturated heterocycles. The number of nitrogens with zero attached hydrogens (tertiary/aromatic N) is 3. The summed E-state index contributed by atoms with van der Waals surface area (Å²) in [7, 11) is 0. The largest absolute Gasteiger partial charge is 0.156 e. The Labute approximate surface area is 155 Å². The predicted octanol–water partition coefficient (Wildman–Crippen LogP) is 5.91. The highest BCUT2D eigenvalue weighted by Gasteiger charge is 2.11. The van der Waals surface area contributed by atoms with E-state index in [9.17, 15) is 0 Å². The van der Waals surface area contributed by atoms with Gasteiger partial charge in [0.1, 0.15) is 5.69 Å². The third-order valence-electron chi connectivity index (χ3n) is 3.87. The van der Waals surface area contributed by atoms with Gasteiger partial charge in [0.15, 0.2) is 0 Å². The molecule has 5 heteroatoms. The maximum absolute atomic E-state index is 6.14. The van der Waals surface area contributed by atoms with Crippen LogP contribution in [0.4, 0.5) is 0 Å². The SMILES string of the molecule is Clc1cccc(-c2cnn(-c3ccccc3-c3cccc(Cl)c3)n2)c1. The lowest BCUT2D eigenvalue weighted by molar-refractivity contribution is 0.755. The van der Waals surface area contributed by atoms with Gasteiger partial charge in [0.25, 0.3) is 0 Å². The predicted molar refractivity (Wildman–Crippen MR) is 102 cm³/mol. The molecule has 0 saturated carbocycles. The average Bonchev–Trinajstić information content (AvgIpc) is 3.12. The summed E-state index contributed by atoms with van der Waals surface area (Å²) in [6, 6.07) is 23.3. The first kappa shape index (κ1) is 15.9. The summed E-state index contributed by atoms with van der Waals surface area (Å²) in [6.07, 6.45) is 1.74. The molecule has 0 atom stereocenters. The number of benzene rings is 3. The molecule has 4 rings (SSSR count). The number of aromatic nitrogens is 3. The molecule has 0 fully saturated rings. The fourth-order valence-corrected chi connectivity index (χ4v) is 3.09. The molecule has 122 valence electrons. The van der Waals surface area contributed by atoms with E-state index in [4.69, 9.17) is 23.2 Å². The third-order valence-corrected chi connectivity index (χ3v) is 4.34. The van der Waals surface area contributed by atoms with Gasteiger partial charge in [0, 0.05) is 21.2 Å². The molecule has 0 N–H and O–H groups in total. The Hall–Kier alpha value is -2.62. The monoisotopic (exact) mass is 365 g/mol. The summed E-state index contributed by atoms with van der Waals surface area (Å²) >= 11 is 12.2. The molecule has 0 radical (unpaired) electrons. The molecule has 0 aliphatic rings. The molecule has 1 aromatic heterocycles. The minimum Gasteiger partial charge on any atom is -0.156 e. The second kappa shape index (κ2) is 6.71. The molecule has 3 nitrogen and oxygen atoms in total. The van der Waals surface area contributed by atoms with Crippen molar-refractivity contribution in [2.75, 3.05) is 0 Å². The second-order valence-corrected chi connectivity index (χ2v) is 6.43. The normalized spacial score (nSPS) is 10.8. The van der Waals surface area contributed by atoms with Crippen molar-refractivity contribution in [1.29, 1.82) is 0 Å². The third kappa shape index (κ3) is 3.29. The number of rotatable bonds is 3. The van der Waals surface area contributed by atoms with Crippen LogP contribution in [0.15, 0.2) is 79.0 Å². The van der Waals surface area contributed by atoms with E-state index in [0.29, 0.717) is 10.0 Å². The van der Waals surface area contributed by atoms with Gasteiger partial charge in [-0.25, -0.2) is 0 Å². The number of halogens is 2. The zero-order valence-corrected chi connectivity index (χ0v) is 14.6. The molecule has 0 aliphatic carbocycles. The maximum atomic E-state index is 6.14. The first-order valence-electron chi connectivity index (χ1n) is 7.74. The number of para-hydroxylation sites is 1. The first-order chi connectivity index (χ1) is 12.2. The van der Waals surface area contributed by atoms with Crippen LogP contribution < -0.4 is 0 Å². The van der Waals surface area contributed by atoms with Gasteiger partial charge in [-0.3, -0.25) is 0 Å². The van der Waals surface area contributed by atoms with E-state index in [1.807, 2.05) is 72.8 Å². The molecule has 0 unspecified atom stereocenters. The summed E-state index contributed by atoms with van der Waals surface area (Å²) in [5.74, 6) is 0. The van der Waals surface area contributed by atoms with Gasteiger partial charge in [-0.2, -0.15) is 9.90 Å². The van der Waals surface area contributed by atoms with Crippen LogP contribution >= 0.6 is 23.2 Å². The lowest BCUT2D eigenvalue weighted by Crippen LogP contribution is -2.01. The van der Waals surface area contributed by atoms with Gasteiger partial charge in [-0.15, -0.1) is 5.10 Å². The lowest BCUT2D eigenvalue weighted by atomic mass is 10.0. The van der Waals surface area contributed by atoms with Crippen LogP contribution in [-0.4, -0.2) is 15.0 Å². The van der Waals surface area contributed by atoms with Gasteiger partial charge in [-0.05, 0) is 35.9 Å². The summed E-state index contributed by atoms with van der Waals surface area (Å²) in [5, 5.41) is 10.4. The van der Waals surface area contributed by atoms with Crippen LogP contribution in [0.5, 0.6) is 0 Å². The van der Waals surface area contributed by atoms with E-state index in [0.717, 1.165) is 28.1 Å². The van der Waals surface area contributed by atoms with Crippen molar-refractivity contribution in [3.63, 3.8) is 0 Å². The summed E-state index contributed by atoms with van der Waals surface area (Å²) in [6.45, 7) is 0. The zero-order chi connectivity index (χ0) is 17.2. The molecular weight excluding hydrogens is 353 g/mol. The quantitative estimate of drug-likeness (QED) is 0.451. The van der Waals surface area contributed by atoms with Crippen LogP contribution in [0, 0.1) is 0 Å². The van der Waals surface area contributed by atoms with Gasteiger partial charge < -0.3 is 0 Å². The van der Waals surface area contributed by atoms with Crippen molar-refractivity contribution in [3.05, 3.63) is 89.0 Å². The molecule has 25 heavy (non-hydrogen) atoms. The summed E-state index contributed by atoms with van der Waals surface area (Å²) in [4.78, 5) is 1.63. The summed E-state index contributed by atoms with van der Waals surface area (Å²) < 4.78 is 0. The highest BCUT2D eigenvalue weighted by molar-refractivity contribution is 6.31.